The predicted molar refractivity (Wildman–Crippen MR) is 225 cm³/mol. The summed E-state index contributed by atoms with van der Waals surface area (Å²) in [5, 5.41) is 2.48. The molecule has 53 heavy (non-hydrogen) atoms. The molecule has 1 heterocycles. The molecule has 0 spiro atoms. The van der Waals surface area contributed by atoms with Gasteiger partial charge in [-0.3, -0.25) is 0 Å². The summed E-state index contributed by atoms with van der Waals surface area (Å²) in [5.41, 5.74) is 14.8. The second-order valence-corrected chi connectivity index (χ2v) is 13.7. The standard InChI is InChI=1S/C50H39N3/c1-36-22-27-43(28-23-36)51(40-14-6-3-7-15-40)45-32-39(33-46(35-45)52(41-16-8-4-9-17-41)44-29-24-37(2)25-30-44)38-26-31-48-47-20-12-13-21-49(47)53(50(48)34-38)42-18-10-5-11-19-42/h3-35H,1-2H3. The minimum Gasteiger partial charge on any atom is -0.310 e. The van der Waals surface area contributed by atoms with Gasteiger partial charge in [-0.2, -0.15) is 0 Å². The number of aromatic nitrogens is 1. The summed E-state index contributed by atoms with van der Waals surface area (Å²) in [6.07, 6.45) is 0. The minimum absolute atomic E-state index is 1.07. The van der Waals surface area contributed by atoms with Crippen molar-refractivity contribution in [3.05, 3.63) is 211 Å². The molecule has 0 saturated carbocycles. The number of hydrogen-bond donors (Lipinski definition) is 0. The molecule has 9 rings (SSSR count). The molecule has 0 fully saturated rings. The summed E-state index contributed by atoms with van der Waals surface area (Å²) < 4.78 is 2.39. The molecule has 0 aliphatic rings. The summed E-state index contributed by atoms with van der Waals surface area (Å²) in [5.74, 6) is 0. The van der Waals surface area contributed by atoms with Crippen molar-refractivity contribution in [1.82, 2.24) is 4.57 Å². The van der Waals surface area contributed by atoms with Crippen LogP contribution in [0.4, 0.5) is 34.1 Å². The maximum Gasteiger partial charge on any atom is 0.0547 e. The molecule has 0 aliphatic heterocycles. The summed E-state index contributed by atoms with van der Waals surface area (Å²) in [6.45, 7) is 4.28. The first-order valence-corrected chi connectivity index (χ1v) is 18.2. The highest BCUT2D eigenvalue weighted by Gasteiger charge is 2.20. The van der Waals surface area contributed by atoms with Crippen LogP contribution < -0.4 is 9.80 Å². The van der Waals surface area contributed by atoms with Crippen molar-refractivity contribution in [2.24, 2.45) is 0 Å². The van der Waals surface area contributed by atoms with E-state index in [0.29, 0.717) is 0 Å². The predicted octanol–water partition coefficient (Wildman–Crippen LogP) is 14.0. The summed E-state index contributed by atoms with van der Waals surface area (Å²) >= 11 is 0. The van der Waals surface area contributed by atoms with E-state index in [1.807, 2.05) is 0 Å². The first-order chi connectivity index (χ1) is 26.1. The van der Waals surface area contributed by atoms with E-state index in [-0.39, 0.29) is 0 Å². The van der Waals surface area contributed by atoms with Crippen LogP contribution in [0.1, 0.15) is 11.1 Å². The number of anilines is 6. The van der Waals surface area contributed by atoms with Crippen LogP contribution in [-0.2, 0) is 0 Å². The summed E-state index contributed by atoms with van der Waals surface area (Å²) in [4.78, 5) is 4.73. The lowest BCUT2D eigenvalue weighted by molar-refractivity contribution is 1.18. The Balaban J connectivity index is 1.32. The highest BCUT2D eigenvalue weighted by Crippen LogP contribution is 2.44. The Labute approximate surface area is 311 Å². The van der Waals surface area contributed by atoms with Gasteiger partial charge in [0.25, 0.3) is 0 Å². The summed E-state index contributed by atoms with van der Waals surface area (Å²) in [7, 11) is 0. The highest BCUT2D eigenvalue weighted by atomic mass is 15.2. The molecule has 9 aromatic rings. The second-order valence-electron chi connectivity index (χ2n) is 13.7. The van der Waals surface area contributed by atoms with Crippen molar-refractivity contribution in [3.63, 3.8) is 0 Å². The lowest BCUT2D eigenvalue weighted by Gasteiger charge is -2.30. The monoisotopic (exact) mass is 681 g/mol. The zero-order chi connectivity index (χ0) is 35.7. The zero-order valence-electron chi connectivity index (χ0n) is 29.9. The molecule has 0 N–H and O–H groups in total. The first kappa shape index (κ1) is 32.1. The topological polar surface area (TPSA) is 11.4 Å². The number of hydrogen-bond acceptors (Lipinski definition) is 2. The van der Waals surface area contributed by atoms with Crippen LogP contribution in [-0.4, -0.2) is 4.57 Å². The molecular weight excluding hydrogens is 643 g/mol. The van der Waals surface area contributed by atoms with Gasteiger partial charge in [-0.25, -0.2) is 0 Å². The average Bonchev–Trinajstić information content (AvgIpc) is 3.54. The van der Waals surface area contributed by atoms with E-state index in [1.54, 1.807) is 0 Å². The van der Waals surface area contributed by atoms with E-state index in [0.717, 1.165) is 50.9 Å². The van der Waals surface area contributed by atoms with Crippen LogP contribution in [0, 0.1) is 13.8 Å². The van der Waals surface area contributed by atoms with Gasteiger partial charge in [-0.15, -0.1) is 0 Å². The molecule has 0 bridgehead atoms. The number of nitrogens with zero attached hydrogens (tertiary/aromatic N) is 3. The van der Waals surface area contributed by atoms with Gasteiger partial charge in [0.05, 0.1) is 11.0 Å². The van der Waals surface area contributed by atoms with E-state index < -0.39 is 0 Å². The normalized spacial score (nSPS) is 11.2. The van der Waals surface area contributed by atoms with Crippen LogP contribution in [0.2, 0.25) is 0 Å². The molecule has 0 atom stereocenters. The number of aryl methyl sites for hydroxylation is 2. The van der Waals surface area contributed by atoms with Crippen LogP contribution in [0.3, 0.4) is 0 Å². The van der Waals surface area contributed by atoms with Crippen LogP contribution in [0.5, 0.6) is 0 Å². The van der Waals surface area contributed by atoms with E-state index in [9.17, 15) is 0 Å². The molecule has 254 valence electrons. The Morgan fingerprint density at radius 3 is 1.32 bits per heavy atom. The van der Waals surface area contributed by atoms with E-state index in [4.69, 9.17) is 0 Å². The molecular formula is C50H39N3. The minimum atomic E-state index is 1.07. The Hall–Kier alpha value is -6.84. The van der Waals surface area contributed by atoms with E-state index >= 15 is 0 Å². The van der Waals surface area contributed by atoms with Gasteiger partial charge in [-0.05, 0) is 116 Å². The van der Waals surface area contributed by atoms with Gasteiger partial charge in [0.1, 0.15) is 0 Å². The van der Waals surface area contributed by atoms with Gasteiger partial charge in [0.2, 0.25) is 0 Å². The van der Waals surface area contributed by atoms with Crippen molar-refractivity contribution < 1.29 is 0 Å². The Bertz CT molecular complexity index is 2550. The third kappa shape index (κ3) is 6.13. The van der Waals surface area contributed by atoms with E-state index in [1.165, 1.54) is 32.9 Å². The van der Waals surface area contributed by atoms with Crippen molar-refractivity contribution in [3.8, 4) is 16.8 Å². The molecule has 8 aromatic carbocycles. The fourth-order valence-corrected chi connectivity index (χ4v) is 7.46. The third-order valence-electron chi connectivity index (χ3n) is 10.1. The van der Waals surface area contributed by atoms with Crippen LogP contribution in [0.15, 0.2) is 200 Å². The van der Waals surface area contributed by atoms with Crippen molar-refractivity contribution >= 4 is 55.9 Å². The van der Waals surface area contributed by atoms with Crippen LogP contribution in [0.25, 0.3) is 38.6 Å². The molecule has 0 saturated heterocycles. The Kier molecular flexibility index (Phi) is 8.30. The van der Waals surface area contributed by atoms with Gasteiger partial charge in [-0.1, -0.05) is 120 Å². The molecule has 3 nitrogen and oxygen atoms in total. The van der Waals surface area contributed by atoms with Crippen molar-refractivity contribution in [1.29, 1.82) is 0 Å². The number of rotatable bonds is 8. The van der Waals surface area contributed by atoms with Gasteiger partial charge in [0, 0.05) is 50.6 Å². The van der Waals surface area contributed by atoms with Crippen LogP contribution >= 0.6 is 0 Å². The molecule has 0 amide bonds. The van der Waals surface area contributed by atoms with Crippen molar-refractivity contribution in [2.45, 2.75) is 13.8 Å². The smallest absolute Gasteiger partial charge is 0.0547 e. The SMILES string of the molecule is Cc1ccc(N(c2ccccc2)c2cc(-c3ccc4c5ccccc5n(-c5ccccc5)c4c3)cc(N(c3ccccc3)c3ccc(C)cc3)c2)cc1. The first-order valence-electron chi connectivity index (χ1n) is 18.2. The van der Waals surface area contributed by atoms with E-state index in [2.05, 4.69) is 228 Å². The van der Waals surface area contributed by atoms with Gasteiger partial charge >= 0.3 is 0 Å². The third-order valence-corrected chi connectivity index (χ3v) is 10.1. The fraction of sp³-hybridized carbons (Fsp3) is 0.0400. The highest BCUT2D eigenvalue weighted by molar-refractivity contribution is 6.10. The number of benzene rings is 8. The zero-order valence-corrected chi connectivity index (χ0v) is 29.9. The van der Waals surface area contributed by atoms with Gasteiger partial charge < -0.3 is 14.4 Å². The maximum atomic E-state index is 2.39. The number of fused-ring (bicyclic) bond motifs is 3. The fourth-order valence-electron chi connectivity index (χ4n) is 7.46. The molecule has 0 radical (unpaired) electrons. The lowest BCUT2D eigenvalue weighted by atomic mass is 10.00. The summed E-state index contributed by atoms with van der Waals surface area (Å²) in [6, 6.07) is 72.3. The molecule has 3 heteroatoms. The maximum absolute atomic E-state index is 2.39. The average molecular weight is 682 g/mol. The second kappa shape index (κ2) is 13.7. The molecule has 1 aromatic heterocycles. The van der Waals surface area contributed by atoms with Crippen molar-refractivity contribution in [2.75, 3.05) is 9.80 Å². The quantitative estimate of drug-likeness (QED) is 0.158. The Morgan fingerprint density at radius 1 is 0.321 bits per heavy atom. The largest absolute Gasteiger partial charge is 0.310 e. The molecule has 0 unspecified atom stereocenters. The van der Waals surface area contributed by atoms with Gasteiger partial charge in [0.15, 0.2) is 0 Å². The number of para-hydroxylation sites is 4. The molecule has 0 aliphatic carbocycles. The Morgan fingerprint density at radius 2 is 0.774 bits per heavy atom. The lowest BCUT2D eigenvalue weighted by Crippen LogP contribution is -2.13.